The van der Waals surface area contributed by atoms with Crippen LogP contribution in [0.5, 0.6) is 11.5 Å². The SMILES string of the molecule is COC1=CCc2c(OCc3ccccc3)ccc(OCc3ccccc3)c2C1. The van der Waals surface area contributed by atoms with Crippen LogP contribution in [0.15, 0.2) is 84.6 Å². The predicted octanol–water partition coefficient (Wildman–Crippen LogP) is 5.47. The Morgan fingerprint density at radius 2 is 1.21 bits per heavy atom. The molecule has 0 fully saturated rings. The standard InChI is InChI=1S/C25H24O3/c1-26-21-12-13-22-23(16-21)25(28-18-20-10-6-3-7-11-20)15-14-24(22)27-17-19-8-4-2-5-9-19/h2-12,14-15H,13,16-18H2,1H3. The van der Waals surface area contributed by atoms with Gasteiger partial charge in [0.2, 0.25) is 0 Å². The molecule has 0 N–H and O–H groups in total. The second kappa shape index (κ2) is 8.66. The number of hydrogen-bond acceptors (Lipinski definition) is 3. The van der Waals surface area contributed by atoms with Crippen molar-refractivity contribution in [1.82, 2.24) is 0 Å². The van der Waals surface area contributed by atoms with Crippen molar-refractivity contribution >= 4 is 0 Å². The van der Waals surface area contributed by atoms with Crippen LogP contribution >= 0.6 is 0 Å². The molecule has 142 valence electrons. The molecule has 0 spiro atoms. The zero-order valence-electron chi connectivity index (χ0n) is 16.1. The first-order chi connectivity index (χ1) is 13.8. The molecule has 0 aliphatic heterocycles. The molecule has 3 nitrogen and oxygen atoms in total. The second-order valence-electron chi connectivity index (χ2n) is 6.82. The fourth-order valence-corrected chi connectivity index (χ4v) is 3.43. The van der Waals surface area contributed by atoms with Crippen LogP contribution in [-0.4, -0.2) is 7.11 Å². The largest absolute Gasteiger partial charge is 0.501 e. The van der Waals surface area contributed by atoms with E-state index in [9.17, 15) is 0 Å². The zero-order valence-corrected chi connectivity index (χ0v) is 16.1. The van der Waals surface area contributed by atoms with Gasteiger partial charge in [-0.2, -0.15) is 0 Å². The molecule has 0 atom stereocenters. The van der Waals surface area contributed by atoms with Crippen LogP contribution in [0.1, 0.15) is 22.3 Å². The van der Waals surface area contributed by atoms with E-state index < -0.39 is 0 Å². The molecule has 0 saturated carbocycles. The number of benzene rings is 3. The highest BCUT2D eigenvalue weighted by molar-refractivity contribution is 5.53. The number of fused-ring (bicyclic) bond motifs is 1. The van der Waals surface area contributed by atoms with Crippen molar-refractivity contribution in [2.45, 2.75) is 26.1 Å². The van der Waals surface area contributed by atoms with Crippen LogP contribution < -0.4 is 9.47 Å². The lowest BCUT2D eigenvalue weighted by molar-refractivity contribution is 0.269. The van der Waals surface area contributed by atoms with Crippen LogP contribution in [0.3, 0.4) is 0 Å². The molecule has 0 aromatic heterocycles. The van der Waals surface area contributed by atoms with Crippen molar-refractivity contribution in [3.63, 3.8) is 0 Å². The van der Waals surface area contributed by atoms with Gasteiger partial charge >= 0.3 is 0 Å². The molecule has 0 bridgehead atoms. The van der Waals surface area contributed by atoms with Gasteiger partial charge in [-0.15, -0.1) is 0 Å². The van der Waals surface area contributed by atoms with Crippen molar-refractivity contribution in [2.75, 3.05) is 7.11 Å². The van der Waals surface area contributed by atoms with Gasteiger partial charge in [-0.05, 0) is 35.8 Å². The lowest BCUT2D eigenvalue weighted by Gasteiger charge is -2.23. The van der Waals surface area contributed by atoms with Crippen LogP contribution in [0.2, 0.25) is 0 Å². The number of hydrogen-bond donors (Lipinski definition) is 0. The summed E-state index contributed by atoms with van der Waals surface area (Å²) in [4.78, 5) is 0. The molecular weight excluding hydrogens is 348 g/mol. The first kappa shape index (κ1) is 18.2. The van der Waals surface area contributed by atoms with Crippen LogP contribution in [-0.2, 0) is 30.8 Å². The van der Waals surface area contributed by atoms with Gasteiger partial charge in [-0.3, -0.25) is 0 Å². The van der Waals surface area contributed by atoms with E-state index >= 15 is 0 Å². The first-order valence-electron chi connectivity index (χ1n) is 9.54. The summed E-state index contributed by atoms with van der Waals surface area (Å²) in [7, 11) is 1.72. The maximum atomic E-state index is 6.16. The summed E-state index contributed by atoms with van der Waals surface area (Å²) >= 11 is 0. The third-order valence-electron chi connectivity index (χ3n) is 4.97. The van der Waals surface area contributed by atoms with Gasteiger partial charge in [0.05, 0.1) is 12.9 Å². The highest BCUT2D eigenvalue weighted by Gasteiger charge is 2.20. The zero-order chi connectivity index (χ0) is 19.2. The maximum absolute atomic E-state index is 6.16. The van der Waals surface area contributed by atoms with Gasteiger partial charge in [0.15, 0.2) is 0 Å². The van der Waals surface area contributed by atoms with Crippen molar-refractivity contribution < 1.29 is 14.2 Å². The fraction of sp³-hybridized carbons (Fsp3) is 0.200. The van der Waals surface area contributed by atoms with Crippen LogP contribution in [0, 0.1) is 0 Å². The molecule has 0 saturated heterocycles. The summed E-state index contributed by atoms with van der Waals surface area (Å²) in [5.74, 6) is 2.78. The average Bonchev–Trinajstić information content (AvgIpc) is 2.77. The minimum atomic E-state index is 0.545. The molecular formula is C25H24O3. The molecule has 3 aromatic rings. The Labute approximate surface area is 166 Å². The normalized spacial score (nSPS) is 12.7. The molecule has 28 heavy (non-hydrogen) atoms. The second-order valence-corrected chi connectivity index (χ2v) is 6.82. The third-order valence-corrected chi connectivity index (χ3v) is 4.97. The van der Waals surface area contributed by atoms with E-state index in [-0.39, 0.29) is 0 Å². The summed E-state index contributed by atoms with van der Waals surface area (Å²) in [6.45, 7) is 1.10. The van der Waals surface area contributed by atoms with Gasteiger partial charge in [0.1, 0.15) is 24.7 Å². The number of ether oxygens (including phenoxy) is 3. The van der Waals surface area contributed by atoms with Crippen LogP contribution in [0.25, 0.3) is 0 Å². The van der Waals surface area contributed by atoms with Gasteiger partial charge in [0.25, 0.3) is 0 Å². The van der Waals surface area contributed by atoms with Crippen LogP contribution in [0.4, 0.5) is 0 Å². The minimum Gasteiger partial charge on any atom is -0.501 e. The number of allylic oxidation sites excluding steroid dienone is 2. The topological polar surface area (TPSA) is 27.7 Å². The Balaban J connectivity index is 1.56. The summed E-state index contributed by atoms with van der Waals surface area (Å²) < 4.78 is 17.8. The summed E-state index contributed by atoms with van der Waals surface area (Å²) in [5, 5.41) is 0. The molecule has 3 heteroatoms. The molecule has 0 heterocycles. The smallest absolute Gasteiger partial charge is 0.124 e. The highest BCUT2D eigenvalue weighted by atomic mass is 16.5. The van der Waals surface area contributed by atoms with Gasteiger partial charge in [0, 0.05) is 17.5 Å². The van der Waals surface area contributed by atoms with E-state index in [1.54, 1.807) is 7.11 Å². The minimum absolute atomic E-state index is 0.545. The molecule has 1 aliphatic rings. The van der Waals surface area contributed by atoms with Gasteiger partial charge < -0.3 is 14.2 Å². The lowest BCUT2D eigenvalue weighted by Crippen LogP contribution is -2.10. The Hall–Kier alpha value is -3.20. The predicted molar refractivity (Wildman–Crippen MR) is 110 cm³/mol. The van der Waals surface area contributed by atoms with E-state index in [0.717, 1.165) is 46.8 Å². The Kier molecular flexibility index (Phi) is 5.62. The average molecular weight is 372 g/mol. The molecule has 0 amide bonds. The Morgan fingerprint density at radius 1 is 0.679 bits per heavy atom. The molecule has 3 aromatic carbocycles. The Morgan fingerprint density at radius 3 is 1.75 bits per heavy atom. The fourth-order valence-electron chi connectivity index (χ4n) is 3.43. The molecule has 1 aliphatic carbocycles. The summed E-state index contributed by atoms with van der Waals surface area (Å²) in [6.07, 6.45) is 3.63. The van der Waals surface area contributed by atoms with Gasteiger partial charge in [-0.1, -0.05) is 60.7 Å². The first-order valence-corrected chi connectivity index (χ1v) is 9.54. The van der Waals surface area contributed by atoms with Gasteiger partial charge in [-0.25, -0.2) is 0 Å². The van der Waals surface area contributed by atoms with E-state index in [1.807, 2.05) is 48.5 Å². The van der Waals surface area contributed by atoms with Crippen molar-refractivity contribution in [3.8, 4) is 11.5 Å². The molecule has 0 radical (unpaired) electrons. The van der Waals surface area contributed by atoms with E-state index in [0.29, 0.717) is 13.2 Å². The van der Waals surface area contributed by atoms with E-state index in [1.165, 1.54) is 5.56 Å². The molecule has 0 unspecified atom stereocenters. The number of methoxy groups -OCH3 is 1. The highest BCUT2D eigenvalue weighted by Crippen LogP contribution is 2.36. The van der Waals surface area contributed by atoms with E-state index in [2.05, 4.69) is 30.3 Å². The third kappa shape index (κ3) is 4.20. The maximum Gasteiger partial charge on any atom is 0.124 e. The van der Waals surface area contributed by atoms with E-state index in [4.69, 9.17) is 14.2 Å². The van der Waals surface area contributed by atoms with Crippen molar-refractivity contribution in [2.24, 2.45) is 0 Å². The summed E-state index contributed by atoms with van der Waals surface area (Å²) in [5.41, 5.74) is 4.65. The number of rotatable bonds is 7. The molecule has 4 rings (SSSR count). The monoisotopic (exact) mass is 372 g/mol. The van der Waals surface area contributed by atoms with Crippen molar-refractivity contribution in [1.29, 1.82) is 0 Å². The lowest BCUT2D eigenvalue weighted by atomic mass is 9.93. The Bertz CT molecular complexity index is 946. The summed E-state index contributed by atoms with van der Waals surface area (Å²) in [6, 6.07) is 24.5. The quantitative estimate of drug-likeness (QED) is 0.550. The van der Waals surface area contributed by atoms with Crippen molar-refractivity contribution in [3.05, 3.63) is 107 Å².